The molecule has 114 heavy (non-hydrogen) atoms. The van der Waals surface area contributed by atoms with Crippen molar-refractivity contribution >= 4 is 111 Å². The monoisotopic (exact) mass is 1680 g/mol. The van der Waals surface area contributed by atoms with Crippen LogP contribution in [0.3, 0.4) is 0 Å². The Morgan fingerprint density at radius 2 is 1.25 bits per heavy atom. The molecule has 3 amide bonds. The number of thiophene rings is 2. The number of anilines is 3. The number of imidazole rings is 1. The lowest BCUT2D eigenvalue weighted by Crippen LogP contribution is -2.46. The third-order valence-corrected chi connectivity index (χ3v) is 20.6. The fourth-order valence-corrected chi connectivity index (χ4v) is 13.9. The van der Waals surface area contributed by atoms with Crippen LogP contribution in [0.15, 0.2) is 151 Å². The van der Waals surface area contributed by atoms with E-state index in [1.807, 2.05) is 54.7 Å². The van der Waals surface area contributed by atoms with E-state index in [-0.39, 0.29) is 78.2 Å². The number of aliphatic hydroxyl groups is 1. The minimum absolute atomic E-state index is 0. The second-order valence-corrected chi connectivity index (χ2v) is 29.6. The van der Waals surface area contributed by atoms with Crippen molar-refractivity contribution in [2.24, 2.45) is 11.8 Å². The Labute approximate surface area is 688 Å². The molecule has 6 aliphatic rings. The number of benzene rings is 3. The van der Waals surface area contributed by atoms with E-state index < -0.39 is 22.7 Å². The predicted molar refractivity (Wildman–Crippen MR) is 451 cm³/mol. The van der Waals surface area contributed by atoms with Crippen LogP contribution in [-0.4, -0.2) is 173 Å². The van der Waals surface area contributed by atoms with Gasteiger partial charge in [-0.2, -0.15) is 18.2 Å². The largest absolute Gasteiger partial charge is 0.480 e. The van der Waals surface area contributed by atoms with Gasteiger partial charge < -0.3 is 61.8 Å². The number of halogens is 10. The Morgan fingerprint density at radius 1 is 0.684 bits per heavy atom. The van der Waals surface area contributed by atoms with Gasteiger partial charge in [0.05, 0.1) is 36.6 Å². The number of nitrogens with zero attached hydrogens (tertiary/aromatic N) is 7. The van der Waals surface area contributed by atoms with E-state index in [2.05, 4.69) is 116 Å². The maximum absolute atomic E-state index is 13.0. The number of piperazine rings is 3. The number of aryl methyl sites for hydroxylation is 2. The van der Waals surface area contributed by atoms with E-state index in [0.29, 0.717) is 45.1 Å². The van der Waals surface area contributed by atoms with Gasteiger partial charge in [0.25, 0.3) is 0 Å². The molecule has 0 aliphatic carbocycles. The fourth-order valence-electron chi connectivity index (χ4n) is 12.2. The number of aromatic nitrogens is 4. The van der Waals surface area contributed by atoms with Crippen molar-refractivity contribution < 1.29 is 50.2 Å². The zero-order valence-corrected chi connectivity index (χ0v) is 69.3. The Balaban J connectivity index is 0.000000233. The first-order valence-electron chi connectivity index (χ1n) is 37.0. The molecular weight excluding hydrogens is 1580 g/mol. The molecule has 14 rings (SSSR count). The number of carbonyl (C=O) groups is 2. The molecule has 0 radical (unpaired) electrons. The second-order valence-electron chi connectivity index (χ2n) is 26.9. The smallest absolute Gasteiger partial charge is 0.425 e. The SMILES string of the molecule is CC(=N)NC(=O)NCc1ccc(C(F)(F)F)s1.CC(=N)NC(=O)n1ccnc1.CC1=C(c2ccc(F)cc2)CCNC1.CC1CNCC=C1c1ccc(F)cc1.CC1CNCCC1(O)c1ccc(F)cc1.COc1nc(N2CCNCC2)ccc1Cl.Cc1cc(N2CCNCC2)cs1.Cc1nc(N2CCNCC2)ccc1F.Cl.Cl. The molecule has 3 atom stereocenters. The predicted octanol–water partition coefficient (Wildman–Crippen LogP) is 14.1. The molecule has 622 valence electrons. The number of methoxy groups -OCH3 is 1. The van der Waals surface area contributed by atoms with Crippen LogP contribution in [0.5, 0.6) is 5.88 Å². The van der Waals surface area contributed by atoms with Crippen LogP contribution in [0.1, 0.15) is 84.5 Å². The molecule has 4 saturated heterocycles. The number of urea groups is 1. The fraction of sp³-hybridized carbons (Fsp3) is 0.412. The summed E-state index contributed by atoms with van der Waals surface area (Å²) < 4.78 is 94.3. The van der Waals surface area contributed by atoms with Gasteiger partial charge in [0.2, 0.25) is 5.88 Å². The number of alkyl halides is 3. The van der Waals surface area contributed by atoms with E-state index >= 15 is 0 Å². The average molecular weight is 1690 g/mol. The molecule has 5 aromatic heterocycles. The molecule has 4 fully saturated rings. The normalized spacial score (nSPS) is 17.7. The molecular formula is C80H106Cl3F7N18O4S2. The van der Waals surface area contributed by atoms with Crippen LogP contribution in [0.25, 0.3) is 11.1 Å². The van der Waals surface area contributed by atoms with Crippen molar-refractivity contribution in [2.45, 2.75) is 79.6 Å². The molecule has 0 spiro atoms. The highest BCUT2D eigenvalue weighted by Gasteiger charge is 2.38. The summed E-state index contributed by atoms with van der Waals surface area (Å²) in [5.41, 5.74) is 8.23. The molecule has 6 aliphatic heterocycles. The number of nitrogens with one attached hydrogen (secondary N) is 11. The lowest BCUT2D eigenvalue weighted by atomic mass is 9.77. The van der Waals surface area contributed by atoms with Gasteiger partial charge in [0.15, 0.2) is 0 Å². The molecule has 22 nitrogen and oxygen atoms in total. The third-order valence-electron chi connectivity index (χ3n) is 18.3. The van der Waals surface area contributed by atoms with E-state index in [9.17, 15) is 45.4 Å². The molecule has 0 saturated carbocycles. The number of carbonyl (C=O) groups excluding carboxylic acids is 2. The van der Waals surface area contributed by atoms with Crippen molar-refractivity contribution in [1.82, 2.24) is 67.4 Å². The molecule has 12 N–H and O–H groups in total. The van der Waals surface area contributed by atoms with Gasteiger partial charge in [-0.15, -0.1) is 47.5 Å². The summed E-state index contributed by atoms with van der Waals surface area (Å²) in [4.78, 5) is 42.2. The number of hydrogen-bond donors (Lipinski definition) is 12. The van der Waals surface area contributed by atoms with Crippen LogP contribution in [0, 0.1) is 59.8 Å². The quantitative estimate of drug-likeness (QED) is 0.0364. The molecule has 0 bridgehead atoms. The number of rotatable bonds is 9. The summed E-state index contributed by atoms with van der Waals surface area (Å²) in [7, 11) is 1.58. The summed E-state index contributed by atoms with van der Waals surface area (Å²) in [5.74, 6) is 2.21. The van der Waals surface area contributed by atoms with Gasteiger partial charge in [-0.3, -0.25) is 26.0 Å². The van der Waals surface area contributed by atoms with E-state index in [1.54, 1.807) is 32.2 Å². The number of amides is 3. The van der Waals surface area contributed by atoms with E-state index in [1.165, 1.54) is 113 Å². The van der Waals surface area contributed by atoms with Crippen molar-refractivity contribution in [3.8, 4) is 5.88 Å². The molecule has 8 aromatic rings. The maximum atomic E-state index is 13.0. The first-order valence-corrected chi connectivity index (χ1v) is 39.0. The Bertz CT molecular complexity index is 4280. The van der Waals surface area contributed by atoms with Crippen molar-refractivity contribution in [2.75, 3.05) is 140 Å². The van der Waals surface area contributed by atoms with E-state index in [4.69, 9.17) is 27.2 Å². The summed E-state index contributed by atoms with van der Waals surface area (Å²) in [6, 6.07) is 30.2. The minimum atomic E-state index is -4.35. The first kappa shape index (κ1) is 96.0. The van der Waals surface area contributed by atoms with Crippen molar-refractivity contribution in [1.29, 1.82) is 10.8 Å². The van der Waals surface area contributed by atoms with E-state index in [0.717, 1.165) is 159 Å². The number of ether oxygens (including phenoxy) is 1. The maximum Gasteiger partial charge on any atom is 0.425 e. The Kier molecular flexibility index (Phi) is 41.6. The molecule has 11 heterocycles. The van der Waals surface area contributed by atoms with Gasteiger partial charge in [-0.1, -0.05) is 73.5 Å². The lowest BCUT2D eigenvalue weighted by molar-refractivity contribution is -0.134. The summed E-state index contributed by atoms with van der Waals surface area (Å²) in [5, 5.41) is 53.9. The molecule has 3 aromatic carbocycles. The number of pyridine rings is 2. The summed E-state index contributed by atoms with van der Waals surface area (Å²) >= 11 is 8.33. The van der Waals surface area contributed by atoms with Crippen LogP contribution < -0.4 is 67.3 Å². The Hall–Kier alpha value is -8.57. The summed E-state index contributed by atoms with van der Waals surface area (Å²) in [6.45, 7) is 30.8. The Morgan fingerprint density at radius 3 is 1.75 bits per heavy atom. The van der Waals surface area contributed by atoms with Gasteiger partial charge in [0, 0.05) is 144 Å². The van der Waals surface area contributed by atoms with Crippen LogP contribution in [0.2, 0.25) is 5.02 Å². The highest BCUT2D eigenvalue weighted by molar-refractivity contribution is 7.12. The summed E-state index contributed by atoms with van der Waals surface area (Å²) in [6.07, 6.45) is 3.94. The highest BCUT2D eigenvalue weighted by atomic mass is 35.5. The topological polar surface area (TPSA) is 273 Å². The highest BCUT2D eigenvalue weighted by Crippen LogP contribution is 2.36. The van der Waals surface area contributed by atoms with Gasteiger partial charge >= 0.3 is 18.2 Å². The van der Waals surface area contributed by atoms with Gasteiger partial charge in [0.1, 0.15) is 51.1 Å². The third kappa shape index (κ3) is 32.3. The average Bonchev–Trinajstić information content (AvgIpc) is 1.08. The molecule has 3 unspecified atom stereocenters. The van der Waals surface area contributed by atoms with Crippen molar-refractivity contribution in [3.05, 3.63) is 216 Å². The zero-order valence-electron chi connectivity index (χ0n) is 65.3. The zero-order chi connectivity index (χ0) is 81.2. The number of hydrogen-bond acceptors (Lipinski definition) is 20. The number of amidine groups is 2. The van der Waals surface area contributed by atoms with Crippen LogP contribution in [-0.2, 0) is 18.3 Å². The van der Waals surface area contributed by atoms with Gasteiger partial charge in [-0.05, 0) is 173 Å². The second kappa shape index (κ2) is 49.4. The minimum Gasteiger partial charge on any atom is -0.480 e. The number of piperidine rings is 1. The van der Waals surface area contributed by atoms with Crippen LogP contribution >= 0.6 is 59.1 Å². The lowest BCUT2D eigenvalue weighted by Gasteiger charge is -2.39. The van der Waals surface area contributed by atoms with Crippen molar-refractivity contribution in [3.63, 3.8) is 0 Å². The first-order chi connectivity index (χ1) is 53.6. The van der Waals surface area contributed by atoms with Gasteiger partial charge in [-0.25, -0.2) is 37.1 Å². The standard InChI is InChI=1S/C12H16FNO.2C12H14FN.C10H14ClN3O.C10H14FN3.C9H10F3N3OS.C9H14N2S.C6H8N4O.2ClH/c1-9-8-14-7-6-12(9,15)10-2-4-11(13)5-3-10;2*1-9-8-14-7-6-12(9)10-2-4-11(13)5-3-10;1-15-10-8(11)2-3-9(13-10)14-6-4-12-5-7-14;1-8-9(11)2-3-10(13-8)14-6-4-12-5-7-14;1-5(13)15-8(16)14-4-6-2-3-7(17-6)9(10,11)12;1-8-6-9(7-12-8)11-4-2-10-3-5-11;1-5(7)9-6(11)10-3-2-8-4-10;;/h2-5,9,14-15H,6-8H2,1H3;2-5,14H,6-8H2,1H3;2-6,9,14H,7-8H2,1H3;2-3,12H,4-7H2,1H3;2-3,12H,4-7H2,1H3;2-3H,4H2,1H3,(H3,13,14,15,16);6-7,10H,2-5H2,1H3;2-4H,1H3,(H2,7,9,11);2*1H. The molecule has 34 heteroatoms. The van der Waals surface area contributed by atoms with Crippen LogP contribution in [0.4, 0.5) is 57.6 Å².